The summed E-state index contributed by atoms with van der Waals surface area (Å²) in [6.45, 7) is 3.83. The number of hydrogen-bond donors (Lipinski definition) is 2. The third-order valence-corrected chi connectivity index (χ3v) is 7.59. The Hall–Kier alpha value is -3.69. The summed E-state index contributed by atoms with van der Waals surface area (Å²) in [4.78, 5) is 24.7. The highest BCUT2D eigenvalue weighted by Crippen LogP contribution is 2.30. The number of carbonyl (C=O) groups excluding carboxylic acids is 2. The molecule has 9 heteroatoms. The van der Waals surface area contributed by atoms with Gasteiger partial charge in [0.05, 0.1) is 11.5 Å². The number of sulfonamides is 1. The first-order valence-corrected chi connectivity index (χ1v) is 12.7. The molecule has 1 atom stereocenters. The van der Waals surface area contributed by atoms with E-state index in [2.05, 4.69) is 10.6 Å². The predicted molar refractivity (Wildman–Crippen MR) is 134 cm³/mol. The Bertz CT molecular complexity index is 1320. The summed E-state index contributed by atoms with van der Waals surface area (Å²) in [6, 6.07) is 19.5. The first kappa shape index (κ1) is 24.4. The smallest absolute Gasteiger partial charge is 0.244 e. The van der Waals surface area contributed by atoms with Crippen LogP contribution in [-0.4, -0.2) is 37.2 Å². The van der Waals surface area contributed by atoms with E-state index in [1.54, 1.807) is 36.4 Å². The third kappa shape index (κ3) is 5.52. The van der Waals surface area contributed by atoms with Crippen molar-refractivity contribution >= 4 is 33.2 Å². The van der Waals surface area contributed by atoms with E-state index in [1.165, 1.54) is 23.4 Å². The first-order valence-electron chi connectivity index (χ1n) is 11.3. The number of benzene rings is 3. The van der Waals surface area contributed by atoms with E-state index in [9.17, 15) is 18.0 Å². The second-order valence-electron chi connectivity index (χ2n) is 8.19. The van der Waals surface area contributed by atoms with Crippen molar-refractivity contribution in [3.05, 3.63) is 83.9 Å². The van der Waals surface area contributed by atoms with Gasteiger partial charge < -0.3 is 15.4 Å². The molecule has 0 spiro atoms. The summed E-state index contributed by atoms with van der Waals surface area (Å²) >= 11 is 0. The van der Waals surface area contributed by atoms with Gasteiger partial charge in [0.1, 0.15) is 11.8 Å². The van der Waals surface area contributed by atoms with Crippen LogP contribution >= 0.6 is 0 Å². The highest BCUT2D eigenvalue weighted by molar-refractivity contribution is 7.89. The Morgan fingerprint density at radius 3 is 2.11 bits per heavy atom. The molecule has 0 fully saturated rings. The molecule has 1 aliphatic rings. The van der Waals surface area contributed by atoms with E-state index in [0.29, 0.717) is 23.7 Å². The van der Waals surface area contributed by atoms with E-state index in [-0.39, 0.29) is 23.8 Å². The van der Waals surface area contributed by atoms with Crippen LogP contribution in [0.4, 0.5) is 11.4 Å². The Morgan fingerprint density at radius 1 is 0.914 bits per heavy atom. The Balaban J connectivity index is 1.62. The standard InChI is InChI=1S/C26H27N3O5S/c1-3-34-23-12-14-24(15-13-23)35(32,33)29-17-20-7-5-4-6-19(20)16-25(29)26(31)28-22-10-8-21(9-11-22)27-18(2)30/h4-15,25H,3,16-17H2,1-2H3,(H,27,30)(H,28,31)/t25-/m1/s1. The average Bonchev–Trinajstić information content (AvgIpc) is 2.84. The number of fused-ring (bicyclic) bond motifs is 1. The molecule has 2 N–H and O–H groups in total. The van der Waals surface area contributed by atoms with Crippen molar-refractivity contribution in [2.24, 2.45) is 0 Å². The maximum atomic E-state index is 13.6. The predicted octanol–water partition coefficient (Wildman–Crippen LogP) is 3.80. The molecule has 0 aliphatic carbocycles. The number of carbonyl (C=O) groups is 2. The number of nitrogens with one attached hydrogen (secondary N) is 2. The summed E-state index contributed by atoms with van der Waals surface area (Å²) < 4.78 is 34.0. The van der Waals surface area contributed by atoms with Gasteiger partial charge in [-0.2, -0.15) is 4.31 Å². The molecule has 0 bridgehead atoms. The lowest BCUT2D eigenvalue weighted by atomic mass is 9.95. The quantitative estimate of drug-likeness (QED) is 0.521. The number of amides is 2. The first-order chi connectivity index (χ1) is 16.8. The van der Waals surface area contributed by atoms with Crippen LogP contribution in [0, 0.1) is 0 Å². The van der Waals surface area contributed by atoms with Gasteiger partial charge >= 0.3 is 0 Å². The molecule has 35 heavy (non-hydrogen) atoms. The lowest BCUT2D eigenvalue weighted by molar-refractivity contribution is -0.120. The van der Waals surface area contributed by atoms with Crippen molar-refractivity contribution in [2.45, 2.75) is 37.8 Å². The topological polar surface area (TPSA) is 105 Å². The van der Waals surface area contributed by atoms with Crippen molar-refractivity contribution in [1.29, 1.82) is 0 Å². The third-order valence-electron chi connectivity index (χ3n) is 5.72. The zero-order valence-electron chi connectivity index (χ0n) is 19.5. The van der Waals surface area contributed by atoms with E-state index >= 15 is 0 Å². The van der Waals surface area contributed by atoms with Crippen molar-refractivity contribution in [3.63, 3.8) is 0 Å². The molecule has 3 aromatic rings. The molecule has 2 amide bonds. The van der Waals surface area contributed by atoms with Gasteiger partial charge in [0.15, 0.2) is 0 Å². The van der Waals surface area contributed by atoms with E-state index in [0.717, 1.165) is 11.1 Å². The molecule has 1 heterocycles. The molecule has 3 aromatic carbocycles. The number of ether oxygens (including phenoxy) is 1. The number of hydrogen-bond acceptors (Lipinski definition) is 5. The highest BCUT2D eigenvalue weighted by atomic mass is 32.2. The lowest BCUT2D eigenvalue weighted by Gasteiger charge is -2.35. The molecule has 182 valence electrons. The van der Waals surface area contributed by atoms with E-state index < -0.39 is 22.0 Å². The highest BCUT2D eigenvalue weighted by Gasteiger charge is 2.39. The average molecular weight is 494 g/mol. The van der Waals surface area contributed by atoms with Gasteiger partial charge in [0.2, 0.25) is 21.8 Å². The van der Waals surface area contributed by atoms with Gasteiger partial charge in [-0.25, -0.2) is 8.42 Å². The van der Waals surface area contributed by atoms with Crippen LogP contribution in [0.5, 0.6) is 5.75 Å². The van der Waals surface area contributed by atoms with Gasteiger partial charge in [0, 0.05) is 24.8 Å². The fourth-order valence-corrected chi connectivity index (χ4v) is 5.62. The SMILES string of the molecule is CCOc1ccc(S(=O)(=O)N2Cc3ccccc3C[C@@H]2C(=O)Nc2ccc(NC(C)=O)cc2)cc1. The van der Waals surface area contributed by atoms with Crippen molar-refractivity contribution < 1.29 is 22.7 Å². The maximum absolute atomic E-state index is 13.6. The van der Waals surface area contributed by atoms with Crippen LogP contribution in [0.15, 0.2) is 77.7 Å². The summed E-state index contributed by atoms with van der Waals surface area (Å²) in [7, 11) is -3.97. The zero-order chi connectivity index (χ0) is 25.0. The van der Waals surface area contributed by atoms with Gasteiger partial charge in [-0.05, 0) is 73.0 Å². The van der Waals surface area contributed by atoms with Crippen LogP contribution < -0.4 is 15.4 Å². The number of anilines is 2. The number of nitrogens with zero attached hydrogens (tertiary/aromatic N) is 1. The summed E-state index contributed by atoms with van der Waals surface area (Å²) in [5.41, 5.74) is 2.90. The van der Waals surface area contributed by atoms with Gasteiger partial charge in [-0.3, -0.25) is 9.59 Å². The van der Waals surface area contributed by atoms with Crippen molar-refractivity contribution in [1.82, 2.24) is 4.31 Å². The van der Waals surface area contributed by atoms with Crippen LogP contribution in [0.2, 0.25) is 0 Å². The van der Waals surface area contributed by atoms with Gasteiger partial charge in [0.25, 0.3) is 0 Å². The minimum atomic E-state index is -3.97. The summed E-state index contributed by atoms with van der Waals surface area (Å²) in [5.74, 6) is -0.0495. The molecular weight excluding hydrogens is 466 g/mol. The fraction of sp³-hybridized carbons (Fsp3) is 0.231. The van der Waals surface area contributed by atoms with Crippen LogP contribution in [0.25, 0.3) is 0 Å². The number of rotatable bonds is 7. The van der Waals surface area contributed by atoms with Crippen LogP contribution in [0.1, 0.15) is 25.0 Å². The van der Waals surface area contributed by atoms with Crippen molar-refractivity contribution in [2.75, 3.05) is 17.2 Å². The largest absolute Gasteiger partial charge is 0.494 e. The lowest BCUT2D eigenvalue weighted by Crippen LogP contribution is -2.50. The Labute approximate surface area is 205 Å². The second-order valence-corrected chi connectivity index (χ2v) is 10.1. The molecule has 0 radical (unpaired) electrons. The Kier molecular flexibility index (Phi) is 7.18. The molecular formula is C26H27N3O5S. The summed E-state index contributed by atoms with van der Waals surface area (Å²) in [5, 5.41) is 5.49. The van der Waals surface area contributed by atoms with Crippen LogP contribution in [0.3, 0.4) is 0 Å². The molecule has 0 saturated heterocycles. The van der Waals surface area contributed by atoms with Gasteiger partial charge in [-0.1, -0.05) is 24.3 Å². The molecule has 0 aromatic heterocycles. The van der Waals surface area contributed by atoms with E-state index in [4.69, 9.17) is 4.74 Å². The maximum Gasteiger partial charge on any atom is 0.244 e. The Morgan fingerprint density at radius 2 is 1.51 bits per heavy atom. The fourth-order valence-electron chi connectivity index (χ4n) is 4.05. The normalized spacial score (nSPS) is 15.7. The summed E-state index contributed by atoms with van der Waals surface area (Å²) in [6.07, 6.45) is 0.252. The van der Waals surface area contributed by atoms with Crippen LogP contribution in [-0.2, 0) is 32.6 Å². The monoisotopic (exact) mass is 493 g/mol. The molecule has 1 aliphatic heterocycles. The second kappa shape index (κ2) is 10.3. The van der Waals surface area contributed by atoms with Crippen molar-refractivity contribution in [3.8, 4) is 5.75 Å². The molecule has 0 saturated carbocycles. The molecule has 8 nitrogen and oxygen atoms in total. The zero-order valence-corrected chi connectivity index (χ0v) is 20.3. The van der Waals surface area contributed by atoms with E-state index in [1.807, 2.05) is 31.2 Å². The van der Waals surface area contributed by atoms with Gasteiger partial charge in [-0.15, -0.1) is 0 Å². The molecule has 4 rings (SSSR count). The molecule has 0 unspecified atom stereocenters. The minimum Gasteiger partial charge on any atom is -0.494 e. The minimum absolute atomic E-state index is 0.0886.